The van der Waals surface area contributed by atoms with Gasteiger partial charge in [0.2, 0.25) is 0 Å². The van der Waals surface area contributed by atoms with Gasteiger partial charge in [-0.3, -0.25) is 4.57 Å². The summed E-state index contributed by atoms with van der Waals surface area (Å²) in [6.45, 7) is -1.41. The third kappa shape index (κ3) is 5.58. The van der Waals surface area contributed by atoms with Crippen LogP contribution in [0.3, 0.4) is 0 Å². The molecule has 4 N–H and O–H groups in total. The summed E-state index contributed by atoms with van der Waals surface area (Å²) in [6, 6.07) is 0. The highest BCUT2D eigenvalue weighted by atomic mass is 31.2. The number of hydrogen-bond donors (Lipinski definition) is 4. The third-order valence-electron chi connectivity index (χ3n) is 1.77. The second kappa shape index (κ2) is 7.29. The van der Waals surface area contributed by atoms with Gasteiger partial charge in [0.15, 0.2) is 0 Å². The van der Waals surface area contributed by atoms with Gasteiger partial charge in [-0.2, -0.15) is 0 Å². The van der Waals surface area contributed by atoms with Gasteiger partial charge in [0.1, 0.15) is 11.8 Å². The third-order valence-corrected chi connectivity index (χ3v) is 3.52. The van der Waals surface area contributed by atoms with Crippen LogP contribution in [0.5, 0.6) is 0 Å². The van der Waals surface area contributed by atoms with Crippen molar-refractivity contribution in [1.82, 2.24) is 0 Å². The first-order valence-corrected chi connectivity index (χ1v) is 5.98. The van der Waals surface area contributed by atoms with E-state index in [1.54, 1.807) is 0 Å². The molecule has 0 aliphatic rings. The lowest BCUT2D eigenvalue weighted by atomic mass is 10.4. The first-order valence-electron chi connectivity index (χ1n) is 4.33. The van der Waals surface area contributed by atoms with E-state index in [2.05, 4.69) is 4.52 Å². The van der Waals surface area contributed by atoms with E-state index in [1.165, 1.54) is 0 Å². The van der Waals surface area contributed by atoms with E-state index < -0.39 is 32.6 Å². The normalized spacial score (nSPS) is 19.5. The lowest BCUT2D eigenvalue weighted by Crippen LogP contribution is -2.26. The molecule has 0 saturated carbocycles. The van der Waals surface area contributed by atoms with E-state index in [1.807, 2.05) is 0 Å². The van der Waals surface area contributed by atoms with Crippen LogP contribution >= 0.6 is 7.60 Å². The summed E-state index contributed by atoms with van der Waals surface area (Å²) in [5, 5.41) is 26.2. The number of ether oxygens (including phenoxy) is 1. The fourth-order valence-corrected chi connectivity index (χ4v) is 1.59. The number of aliphatic hydroxyl groups is 3. The minimum absolute atomic E-state index is 0.170. The first kappa shape index (κ1) is 15.0. The van der Waals surface area contributed by atoms with Crippen LogP contribution in [-0.2, 0) is 13.8 Å². The van der Waals surface area contributed by atoms with Gasteiger partial charge in [0.05, 0.1) is 26.4 Å². The van der Waals surface area contributed by atoms with Crippen LogP contribution in [0.1, 0.15) is 0 Å². The number of rotatable bonds is 8. The molecule has 7 nitrogen and oxygen atoms in total. The zero-order valence-electron chi connectivity index (χ0n) is 8.44. The summed E-state index contributed by atoms with van der Waals surface area (Å²) in [4.78, 5) is 9.19. The summed E-state index contributed by atoms with van der Waals surface area (Å²) in [7, 11) is -2.81. The van der Waals surface area contributed by atoms with Crippen molar-refractivity contribution in [2.75, 3.05) is 33.5 Å². The summed E-state index contributed by atoms with van der Waals surface area (Å²) in [5.74, 6) is 0. The van der Waals surface area contributed by atoms with Crippen LogP contribution in [0.15, 0.2) is 0 Å². The lowest BCUT2D eigenvalue weighted by molar-refractivity contribution is 0.00212. The van der Waals surface area contributed by atoms with Gasteiger partial charge in [-0.1, -0.05) is 0 Å². The van der Waals surface area contributed by atoms with Crippen molar-refractivity contribution in [3.8, 4) is 0 Å². The van der Waals surface area contributed by atoms with E-state index in [-0.39, 0.29) is 13.2 Å². The molecule has 0 aromatic carbocycles. The SMILES string of the molecule is COP(=O)(O)C(CO)COCC(O)CO. The second-order valence-corrected chi connectivity index (χ2v) is 5.18. The minimum atomic E-state index is -3.87. The van der Waals surface area contributed by atoms with E-state index in [4.69, 9.17) is 20.1 Å². The molecule has 0 amide bonds. The lowest BCUT2D eigenvalue weighted by Gasteiger charge is -2.19. The first-order chi connectivity index (χ1) is 6.97. The molecule has 92 valence electrons. The summed E-state index contributed by atoms with van der Waals surface area (Å²) in [5.41, 5.74) is -1.05. The Kier molecular flexibility index (Phi) is 7.29. The molecule has 0 saturated heterocycles. The quantitative estimate of drug-likeness (QED) is 0.386. The molecule has 3 atom stereocenters. The predicted molar refractivity (Wildman–Crippen MR) is 51.6 cm³/mol. The highest BCUT2D eigenvalue weighted by molar-refractivity contribution is 7.53. The molecule has 8 heteroatoms. The average molecular weight is 244 g/mol. The zero-order chi connectivity index (χ0) is 11.9. The monoisotopic (exact) mass is 244 g/mol. The van der Waals surface area contributed by atoms with E-state index in [9.17, 15) is 9.46 Å². The molecule has 0 aliphatic carbocycles. The highest BCUT2D eigenvalue weighted by Crippen LogP contribution is 2.46. The molecule has 15 heavy (non-hydrogen) atoms. The number of hydrogen-bond acceptors (Lipinski definition) is 6. The van der Waals surface area contributed by atoms with Crippen molar-refractivity contribution in [2.45, 2.75) is 11.8 Å². The molecule has 0 aromatic rings. The van der Waals surface area contributed by atoms with Crippen LogP contribution < -0.4 is 0 Å². The van der Waals surface area contributed by atoms with Crippen molar-refractivity contribution >= 4 is 7.60 Å². The maximum absolute atomic E-state index is 11.2. The number of aliphatic hydroxyl groups excluding tert-OH is 3. The second-order valence-electron chi connectivity index (χ2n) is 2.96. The van der Waals surface area contributed by atoms with Gasteiger partial charge >= 0.3 is 7.60 Å². The van der Waals surface area contributed by atoms with Crippen LogP contribution in [0, 0.1) is 0 Å². The molecule has 0 spiro atoms. The molecule has 0 heterocycles. The van der Waals surface area contributed by atoms with Gasteiger partial charge < -0.3 is 29.5 Å². The van der Waals surface area contributed by atoms with Crippen molar-refractivity contribution in [3.63, 3.8) is 0 Å². The maximum Gasteiger partial charge on any atom is 0.335 e. The smallest absolute Gasteiger partial charge is 0.335 e. The van der Waals surface area contributed by atoms with Crippen molar-refractivity contribution in [2.24, 2.45) is 0 Å². The van der Waals surface area contributed by atoms with Crippen LogP contribution in [-0.4, -0.2) is 65.5 Å². The van der Waals surface area contributed by atoms with Gasteiger partial charge in [0, 0.05) is 7.11 Å². The van der Waals surface area contributed by atoms with Crippen molar-refractivity contribution in [3.05, 3.63) is 0 Å². The Morgan fingerprint density at radius 1 is 1.27 bits per heavy atom. The fraction of sp³-hybridized carbons (Fsp3) is 1.00. The Labute approximate surface area is 87.8 Å². The molecule has 0 radical (unpaired) electrons. The largest absolute Gasteiger partial charge is 0.395 e. The van der Waals surface area contributed by atoms with Crippen LogP contribution in [0.2, 0.25) is 0 Å². The summed E-state index contributed by atoms with van der Waals surface area (Å²) >= 11 is 0. The minimum Gasteiger partial charge on any atom is -0.395 e. The molecule has 0 rings (SSSR count). The Morgan fingerprint density at radius 2 is 1.87 bits per heavy atom. The van der Waals surface area contributed by atoms with E-state index in [0.29, 0.717) is 0 Å². The average Bonchev–Trinajstić information content (AvgIpc) is 2.23. The Morgan fingerprint density at radius 3 is 2.27 bits per heavy atom. The molecular weight excluding hydrogens is 227 g/mol. The van der Waals surface area contributed by atoms with Gasteiger partial charge in [0.25, 0.3) is 0 Å². The summed E-state index contributed by atoms with van der Waals surface area (Å²) in [6.07, 6.45) is -1.04. The predicted octanol–water partition coefficient (Wildman–Crippen LogP) is -1.45. The Hall–Kier alpha value is -0.0100. The molecule has 0 aromatic heterocycles. The van der Waals surface area contributed by atoms with Gasteiger partial charge in [-0.15, -0.1) is 0 Å². The van der Waals surface area contributed by atoms with E-state index >= 15 is 0 Å². The standard InChI is InChI=1S/C7H17O7P/c1-13-15(11,12)7(3-9)5-14-4-6(10)2-8/h6-10H,2-5H2,1H3,(H,11,12). The molecular formula is C7H17O7P. The molecule has 0 fully saturated rings. The van der Waals surface area contributed by atoms with Crippen LogP contribution in [0.4, 0.5) is 0 Å². The highest BCUT2D eigenvalue weighted by Gasteiger charge is 2.31. The van der Waals surface area contributed by atoms with Crippen molar-refractivity contribution < 1.29 is 34.0 Å². The fourth-order valence-electron chi connectivity index (χ4n) is 0.792. The maximum atomic E-state index is 11.2. The zero-order valence-corrected chi connectivity index (χ0v) is 9.34. The van der Waals surface area contributed by atoms with Gasteiger partial charge in [-0.05, 0) is 0 Å². The van der Waals surface area contributed by atoms with Crippen molar-refractivity contribution in [1.29, 1.82) is 0 Å². The topological polar surface area (TPSA) is 116 Å². The Balaban J connectivity index is 3.96. The molecule has 0 aliphatic heterocycles. The molecule has 0 bridgehead atoms. The van der Waals surface area contributed by atoms with E-state index in [0.717, 1.165) is 7.11 Å². The Bertz CT molecular complexity index is 210. The summed E-state index contributed by atoms with van der Waals surface area (Å²) < 4.78 is 20.4. The van der Waals surface area contributed by atoms with Gasteiger partial charge in [-0.25, -0.2) is 0 Å². The van der Waals surface area contributed by atoms with Crippen LogP contribution in [0.25, 0.3) is 0 Å². The molecule has 3 unspecified atom stereocenters.